The highest BCUT2D eigenvalue weighted by molar-refractivity contribution is 6.30. The number of piperidine rings is 1. The summed E-state index contributed by atoms with van der Waals surface area (Å²) in [5, 5.41) is 24.7. The minimum atomic E-state index is -0.882. The van der Waals surface area contributed by atoms with Crippen LogP contribution in [0.3, 0.4) is 0 Å². The van der Waals surface area contributed by atoms with Crippen LogP contribution in [0.5, 0.6) is 0 Å². The second-order valence-electron chi connectivity index (χ2n) is 13.3. The number of nitrogens with zero attached hydrogens (tertiary/aromatic N) is 3. The van der Waals surface area contributed by atoms with Crippen molar-refractivity contribution in [2.75, 3.05) is 19.6 Å². The third-order valence-corrected chi connectivity index (χ3v) is 10.3. The summed E-state index contributed by atoms with van der Waals surface area (Å²) in [6.45, 7) is 4.64. The molecule has 2 aliphatic heterocycles. The molecule has 0 saturated carbocycles. The van der Waals surface area contributed by atoms with E-state index in [1.807, 2.05) is 97.1 Å². The zero-order valence-corrected chi connectivity index (χ0v) is 28.7. The lowest BCUT2D eigenvalue weighted by Crippen LogP contribution is -2.49. The standard InChI is InChI=1S/C40H41ClN4O5/c1-26-36(24-45-20-18-40(48,19-21-45)31-14-16-32(41)17-15-31)49-39(50-37(26)29-10-8-28(25-46)9-11-29)30-12-6-27(7-13-30)22-43-38(47)35-23-42-33-4-2-3-5-34(33)44-35/h2-17,23,26,36-37,39,46,48H,18-22,24-25H2,1H3,(H,43,47). The molecule has 3 N–H and O–H groups in total. The van der Waals surface area contributed by atoms with Crippen molar-refractivity contribution >= 4 is 28.5 Å². The largest absolute Gasteiger partial charge is 0.392 e. The highest BCUT2D eigenvalue weighted by atomic mass is 35.5. The van der Waals surface area contributed by atoms with Crippen LogP contribution in [-0.2, 0) is 28.2 Å². The molecule has 1 aromatic heterocycles. The van der Waals surface area contributed by atoms with Crippen molar-refractivity contribution in [2.24, 2.45) is 5.92 Å². The van der Waals surface area contributed by atoms with Gasteiger partial charge in [-0.2, -0.15) is 0 Å². The molecule has 258 valence electrons. The van der Waals surface area contributed by atoms with Crippen LogP contribution in [0.15, 0.2) is 103 Å². The van der Waals surface area contributed by atoms with E-state index < -0.39 is 11.9 Å². The van der Waals surface area contributed by atoms with Gasteiger partial charge in [0.2, 0.25) is 0 Å². The highest BCUT2D eigenvalue weighted by Gasteiger charge is 2.41. The van der Waals surface area contributed by atoms with Crippen molar-refractivity contribution in [3.8, 4) is 0 Å². The van der Waals surface area contributed by atoms with E-state index in [9.17, 15) is 15.0 Å². The van der Waals surface area contributed by atoms with Crippen LogP contribution in [0.2, 0.25) is 5.02 Å². The smallest absolute Gasteiger partial charge is 0.271 e. The van der Waals surface area contributed by atoms with Gasteiger partial charge >= 0.3 is 0 Å². The molecule has 3 heterocycles. The molecule has 1 amide bonds. The average Bonchev–Trinajstić information content (AvgIpc) is 3.16. The number of hydrogen-bond acceptors (Lipinski definition) is 8. The molecule has 2 aliphatic rings. The topological polar surface area (TPSA) is 117 Å². The molecule has 4 aromatic carbocycles. The van der Waals surface area contributed by atoms with Crippen molar-refractivity contribution < 1.29 is 24.5 Å². The average molecular weight is 693 g/mol. The zero-order chi connectivity index (χ0) is 34.7. The number of rotatable bonds is 9. The van der Waals surface area contributed by atoms with Crippen LogP contribution in [0.1, 0.15) is 70.5 Å². The Kier molecular flexibility index (Phi) is 10.2. The first-order chi connectivity index (χ1) is 24.3. The molecule has 10 heteroatoms. The number of aliphatic hydroxyl groups excluding tert-OH is 1. The summed E-state index contributed by atoms with van der Waals surface area (Å²) in [5.74, 6) is -0.251. The highest BCUT2D eigenvalue weighted by Crippen LogP contribution is 2.42. The second kappa shape index (κ2) is 14.9. The molecular weight excluding hydrogens is 652 g/mol. The molecule has 50 heavy (non-hydrogen) atoms. The fraction of sp³-hybridized carbons (Fsp3) is 0.325. The molecule has 0 bridgehead atoms. The van der Waals surface area contributed by atoms with Gasteiger partial charge in [-0.05, 0) is 59.4 Å². The molecule has 7 rings (SSSR count). The lowest BCUT2D eigenvalue weighted by molar-refractivity contribution is -0.277. The molecule has 0 aliphatic carbocycles. The lowest BCUT2D eigenvalue weighted by atomic mass is 9.84. The van der Waals surface area contributed by atoms with Gasteiger partial charge in [-0.15, -0.1) is 0 Å². The van der Waals surface area contributed by atoms with Crippen LogP contribution in [-0.4, -0.2) is 56.7 Å². The van der Waals surface area contributed by atoms with E-state index in [0.717, 1.165) is 46.4 Å². The van der Waals surface area contributed by atoms with E-state index in [4.69, 9.17) is 21.1 Å². The summed E-state index contributed by atoms with van der Waals surface area (Å²) in [7, 11) is 0. The number of aliphatic hydroxyl groups is 2. The number of carbonyl (C=O) groups excluding carboxylic acids is 1. The summed E-state index contributed by atoms with van der Waals surface area (Å²) >= 11 is 6.09. The van der Waals surface area contributed by atoms with Gasteiger partial charge < -0.3 is 29.9 Å². The Morgan fingerprint density at radius 1 is 0.900 bits per heavy atom. The number of hydrogen-bond donors (Lipinski definition) is 3. The van der Waals surface area contributed by atoms with E-state index >= 15 is 0 Å². The summed E-state index contributed by atoms with van der Waals surface area (Å²) in [6.07, 6.45) is 1.75. The summed E-state index contributed by atoms with van der Waals surface area (Å²) < 4.78 is 13.4. The SMILES string of the molecule is CC1C(CN2CCC(O)(c3ccc(Cl)cc3)CC2)OC(c2ccc(CNC(=O)c3cnc4ccccc4n3)cc2)OC1c1ccc(CO)cc1. The third-order valence-electron chi connectivity index (χ3n) is 10.0. The molecule has 4 unspecified atom stereocenters. The molecule has 2 fully saturated rings. The number of amides is 1. The molecule has 0 spiro atoms. The number of likely N-dealkylation sites (tertiary alicyclic amines) is 1. The summed E-state index contributed by atoms with van der Waals surface area (Å²) in [4.78, 5) is 24.0. The van der Waals surface area contributed by atoms with Gasteiger partial charge in [0, 0.05) is 42.7 Å². The third kappa shape index (κ3) is 7.58. The maximum atomic E-state index is 12.8. The first-order valence-electron chi connectivity index (χ1n) is 17.1. The summed E-state index contributed by atoms with van der Waals surface area (Å²) in [6, 6.07) is 30.7. The van der Waals surface area contributed by atoms with Gasteiger partial charge in [0.1, 0.15) is 5.69 Å². The van der Waals surface area contributed by atoms with E-state index in [0.29, 0.717) is 36.5 Å². The number of para-hydroxylation sites is 2. The van der Waals surface area contributed by atoms with Crippen LogP contribution in [0.25, 0.3) is 11.0 Å². The minimum Gasteiger partial charge on any atom is -0.392 e. The van der Waals surface area contributed by atoms with Gasteiger partial charge in [-0.1, -0.05) is 91.3 Å². The number of aromatic nitrogens is 2. The summed E-state index contributed by atoms with van der Waals surface area (Å²) in [5.41, 5.74) is 5.38. The van der Waals surface area contributed by atoms with Gasteiger partial charge in [-0.3, -0.25) is 9.78 Å². The van der Waals surface area contributed by atoms with Crippen LogP contribution >= 0.6 is 11.6 Å². The van der Waals surface area contributed by atoms with E-state index in [2.05, 4.69) is 27.1 Å². The van der Waals surface area contributed by atoms with Crippen LogP contribution in [0.4, 0.5) is 0 Å². The van der Waals surface area contributed by atoms with Gasteiger partial charge in [0.25, 0.3) is 5.91 Å². The van der Waals surface area contributed by atoms with Crippen molar-refractivity contribution in [2.45, 2.75) is 57.0 Å². The number of benzene rings is 4. The fourth-order valence-corrected chi connectivity index (χ4v) is 6.99. The Morgan fingerprint density at radius 2 is 1.56 bits per heavy atom. The first-order valence-corrected chi connectivity index (χ1v) is 17.5. The number of nitrogens with one attached hydrogen (secondary N) is 1. The van der Waals surface area contributed by atoms with Crippen LogP contribution < -0.4 is 5.32 Å². The minimum absolute atomic E-state index is 0.0183. The van der Waals surface area contributed by atoms with Gasteiger partial charge in [0.05, 0.1) is 41.6 Å². The Hall–Kier alpha value is -4.22. The molecular formula is C40H41ClN4O5. The van der Waals surface area contributed by atoms with E-state index in [-0.39, 0.29) is 36.3 Å². The Bertz CT molecular complexity index is 1910. The number of fused-ring (bicyclic) bond motifs is 1. The number of halogens is 1. The number of carbonyl (C=O) groups is 1. The normalized spacial score (nSPS) is 22.3. The molecule has 4 atom stereocenters. The Labute approximate surface area is 296 Å². The molecule has 9 nitrogen and oxygen atoms in total. The van der Waals surface area contributed by atoms with Crippen molar-refractivity contribution in [3.63, 3.8) is 0 Å². The molecule has 5 aromatic rings. The maximum absolute atomic E-state index is 12.8. The lowest BCUT2D eigenvalue weighted by Gasteiger charge is -2.45. The Balaban J connectivity index is 1.03. The fourth-order valence-electron chi connectivity index (χ4n) is 6.87. The van der Waals surface area contributed by atoms with E-state index in [1.165, 1.54) is 6.20 Å². The predicted octanol–water partition coefficient (Wildman–Crippen LogP) is 6.48. The molecule has 2 saturated heterocycles. The number of ether oxygens (including phenoxy) is 2. The Morgan fingerprint density at radius 3 is 2.26 bits per heavy atom. The van der Waals surface area contributed by atoms with Crippen LogP contribution in [0, 0.1) is 5.92 Å². The maximum Gasteiger partial charge on any atom is 0.271 e. The molecule has 0 radical (unpaired) electrons. The monoisotopic (exact) mass is 692 g/mol. The van der Waals surface area contributed by atoms with Gasteiger partial charge in [-0.25, -0.2) is 4.98 Å². The van der Waals surface area contributed by atoms with Crippen molar-refractivity contribution in [1.29, 1.82) is 0 Å². The quantitative estimate of drug-likeness (QED) is 0.161. The van der Waals surface area contributed by atoms with Crippen molar-refractivity contribution in [1.82, 2.24) is 20.2 Å². The van der Waals surface area contributed by atoms with Crippen molar-refractivity contribution in [3.05, 3.63) is 142 Å². The van der Waals surface area contributed by atoms with E-state index in [1.54, 1.807) is 0 Å². The first kappa shape index (κ1) is 34.2. The van der Waals surface area contributed by atoms with Gasteiger partial charge in [0.15, 0.2) is 6.29 Å². The zero-order valence-electron chi connectivity index (χ0n) is 27.9. The second-order valence-corrected chi connectivity index (χ2v) is 13.8. The predicted molar refractivity (Wildman–Crippen MR) is 191 cm³/mol.